The molecule has 0 aromatic heterocycles. The van der Waals surface area contributed by atoms with Gasteiger partial charge in [0.25, 0.3) is 0 Å². The fourth-order valence-corrected chi connectivity index (χ4v) is 5.44. The Labute approximate surface area is 243 Å². The average molecular weight is 565 g/mol. The van der Waals surface area contributed by atoms with Gasteiger partial charge in [0.1, 0.15) is 0 Å². The molecule has 4 rings (SSSR count). The van der Waals surface area contributed by atoms with Crippen molar-refractivity contribution in [2.45, 2.75) is 66.2 Å². The fraction of sp³-hybridized carbons (Fsp3) is 0.515. The predicted molar refractivity (Wildman–Crippen MR) is 157 cm³/mol. The molecule has 2 aliphatic heterocycles. The number of carbonyl (C=O) groups is 4. The van der Waals surface area contributed by atoms with Gasteiger partial charge in [0, 0.05) is 26.2 Å². The molecule has 0 unspecified atom stereocenters. The number of carboxylic acids is 1. The van der Waals surface area contributed by atoms with Crippen molar-refractivity contribution in [3.63, 3.8) is 0 Å². The van der Waals surface area contributed by atoms with E-state index < -0.39 is 5.97 Å². The molecule has 0 aliphatic carbocycles. The summed E-state index contributed by atoms with van der Waals surface area (Å²) in [6.45, 7) is 10.5. The van der Waals surface area contributed by atoms with Crippen LogP contribution < -0.4 is 0 Å². The first-order valence-corrected chi connectivity index (χ1v) is 14.5. The van der Waals surface area contributed by atoms with Gasteiger partial charge in [-0.2, -0.15) is 0 Å². The summed E-state index contributed by atoms with van der Waals surface area (Å²) in [5.74, 6) is -1.00. The van der Waals surface area contributed by atoms with Crippen molar-refractivity contribution in [2.24, 2.45) is 11.8 Å². The Kier molecular flexibility index (Phi) is 11.5. The molecule has 2 heterocycles. The summed E-state index contributed by atoms with van der Waals surface area (Å²) in [7, 11) is 1.42. The third-order valence-electron chi connectivity index (χ3n) is 8.27. The topological polar surface area (TPSA) is 104 Å². The van der Waals surface area contributed by atoms with Gasteiger partial charge in [-0.3, -0.25) is 19.2 Å². The average Bonchev–Trinajstić information content (AvgIpc) is 2.97. The van der Waals surface area contributed by atoms with Crippen molar-refractivity contribution < 1.29 is 29.0 Å². The zero-order chi connectivity index (χ0) is 30.1. The van der Waals surface area contributed by atoms with Crippen LogP contribution in [0.25, 0.3) is 0 Å². The van der Waals surface area contributed by atoms with Gasteiger partial charge in [0.2, 0.25) is 11.8 Å². The number of carboxylic acid groups (broad SMARTS) is 1. The number of nitrogens with zero attached hydrogens (tertiary/aromatic N) is 2. The van der Waals surface area contributed by atoms with E-state index >= 15 is 0 Å². The molecule has 2 amide bonds. The van der Waals surface area contributed by atoms with Gasteiger partial charge in [-0.25, -0.2) is 0 Å². The highest BCUT2D eigenvalue weighted by Gasteiger charge is 2.28. The number of piperidine rings is 2. The Morgan fingerprint density at radius 1 is 0.707 bits per heavy atom. The van der Waals surface area contributed by atoms with Crippen LogP contribution in [0.15, 0.2) is 36.4 Å². The van der Waals surface area contributed by atoms with Crippen molar-refractivity contribution >= 4 is 23.8 Å². The Hall–Kier alpha value is -3.68. The van der Waals surface area contributed by atoms with Crippen LogP contribution in [0.5, 0.6) is 0 Å². The lowest BCUT2D eigenvalue weighted by molar-refractivity contribution is -0.148. The molecule has 2 fully saturated rings. The van der Waals surface area contributed by atoms with Gasteiger partial charge in [-0.1, -0.05) is 47.5 Å². The number of likely N-dealkylation sites (tertiary alicyclic amines) is 2. The second-order valence-corrected chi connectivity index (χ2v) is 11.4. The van der Waals surface area contributed by atoms with E-state index in [4.69, 9.17) is 9.84 Å². The monoisotopic (exact) mass is 564 g/mol. The van der Waals surface area contributed by atoms with Crippen LogP contribution in [0.2, 0.25) is 0 Å². The molecule has 2 aliphatic rings. The van der Waals surface area contributed by atoms with E-state index in [-0.39, 0.29) is 29.6 Å². The summed E-state index contributed by atoms with van der Waals surface area (Å²) in [4.78, 5) is 50.7. The van der Waals surface area contributed by atoms with E-state index in [0.29, 0.717) is 64.7 Å². The Morgan fingerprint density at radius 3 is 1.46 bits per heavy atom. The molecule has 2 saturated heterocycles. The highest BCUT2D eigenvalue weighted by Crippen LogP contribution is 2.21. The molecule has 222 valence electrons. The maximum Gasteiger partial charge on any atom is 0.308 e. The fourth-order valence-electron chi connectivity index (χ4n) is 5.44. The molecule has 0 spiro atoms. The molecule has 2 aromatic carbocycles. The van der Waals surface area contributed by atoms with Crippen LogP contribution in [0, 0.1) is 39.5 Å². The van der Waals surface area contributed by atoms with Crippen LogP contribution in [0.1, 0.15) is 59.1 Å². The molecule has 0 radical (unpaired) electrons. The molecular weight excluding hydrogens is 520 g/mol. The molecule has 8 heteroatoms. The lowest BCUT2D eigenvalue weighted by Crippen LogP contribution is -2.41. The smallest absolute Gasteiger partial charge is 0.308 e. The zero-order valence-electron chi connectivity index (χ0n) is 25.1. The first kappa shape index (κ1) is 31.8. The Bertz CT molecular complexity index is 1240. The molecule has 41 heavy (non-hydrogen) atoms. The Balaban J connectivity index is 0.000000226. The van der Waals surface area contributed by atoms with Gasteiger partial charge >= 0.3 is 11.9 Å². The van der Waals surface area contributed by atoms with Crippen LogP contribution in [-0.4, -0.2) is 71.9 Å². The number of aryl methyl sites for hydroxylation is 4. The van der Waals surface area contributed by atoms with Crippen molar-refractivity contribution in [3.8, 4) is 0 Å². The second-order valence-electron chi connectivity index (χ2n) is 11.4. The van der Waals surface area contributed by atoms with E-state index in [9.17, 15) is 19.2 Å². The third kappa shape index (κ3) is 9.17. The lowest BCUT2D eigenvalue weighted by atomic mass is 9.96. The van der Waals surface area contributed by atoms with Gasteiger partial charge in [0.05, 0.1) is 31.8 Å². The number of amides is 2. The van der Waals surface area contributed by atoms with Crippen molar-refractivity contribution in [1.82, 2.24) is 9.80 Å². The first-order chi connectivity index (χ1) is 19.5. The van der Waals surface area contributed by atoms with Crippen molar-refractivity contribution in [2.75, 3.05) is 33.3 Å². The highest BCUT2D eigenvalue weighted by molar-refractivity contribution is 5.80. The minimum Gasteiger partial charge on any atom is -0.481 e. The number of methoxy groups -OCH3 is 1. The van der Waals surface area contributed by atoms with E-state index in [1.54, 1.807) is 4.90 Å². The number of esters is 1. The largest absolute Gasteiger partial charge is 0.481 e. The summed E-state index contributed by atoms with van der Waals surface area (Å²) < 4.78 is 4.77. The van der Waals surface area contributed by atoms with E-state index in [1.807, 2.05) is 44.7 Å². The molecule has 0 atom stereocenters. The first-order valence-electron chi connectivity index (χ1n) is 14.5. The highest BCUT2D eigenvalue weighted by atomic mass is 16.5. The summed E-state index contributed by atoms with van der Waals surface area (Å²) in [5, 5.41) is 8.96. The van der Waals surface area contributed by atoms with Gasteiger partial charge < -0.3 is 19.6 Å². The normalized spacial score (nSPS) is 16.0. The number of rotatable bonds is 6. The SMILES string of the molecule is COC(=O)C1CCN(C(=O)Cc2cc(C)ccc2C)CC1.Cc1ccc(C)c(CC(=O)N2CCC(C(=O)O)CC2)c1. The number of aliphatic carboxylic acids is 1. The van der Waals surface area contributed by atoms with Crippen molar-refractivity contribution in [1.29, 1.82) is 0 Å². The lowest BCUT2D eigenvalue weighted by Gasteiger charge is -2.31. The molecule has 1 N–H and O–H groups in total. The maximum absolute atomic E-state index is 12.4. The van der Waals surface area contributed by atoms with Gasteiger partial charge in [0.15, 0.2) is 0 Å². The van der Waals surface area contributed by atoms with E-state index in [2.05, 4.69) is 24.3 Å². The molecule has 0 bridgehead atoms. The summed E-state index contributed by atoms with van der Waals surface area (Å²) in [6.07, 6.45) is 3.37. The van der Waals surface area contributed by atoms with E-state index in [1.165, 1.54) is 12.7 Å². The third-order valence-corrected chi connectivity index (χ3v) is 8.27. The number of ether oxygens (including phenoxy) is 1. The molecule has 8 nitrogen and oxygen atoms in total. The summed E-state index contributed by atoms with van der Waals surface area (Å²) >= 11 is 0. The summed E-state index contributed by atoms with van der Waals surface area (Å²) in [5.41, 5.74) is 6.77. The van der Waals surface area contributed by atoms with Crippen LogP contribution in [0.4, 0.5) is 0 Å². The molecular formula is C33H44N2O6. The standard InChI is InChI=1S/C17H23NO3.C16H21NO3/c1-12-4-5-13(2)15(10-12)11-16(19)18-8-6-14(7-9-18)17(20)21-3;1-11-3-4-12(2)14(9-11)10-15(18)17-7-5-13(6-8-17)16(19)20/h4-5,10,14H,6-9,11H2,1-3H3;3-4,9,13H,5-8,10H2,1-2H3,(H,19,20). The number of carbonyl (C=O) groups excluding carboxylic acids is 3. The van der Waals surface area contributed by atoms with Gasteiger partial charge in [-0.15, -0.1) is 0 Å². The van der Waals surface area contributed by atoms with Crippen LogP contribution in [0.3, 0.4) is 0 Å². The second kappa shape index (κ2) is 14.8. The molecule has 0 saturated carbocycles. The minimum absolute atomic E-state index is 0.0558. The Morgan fingerprint density at radius 2 is 1.10 bits per heavy atom. The van der Waals surface area contributed by atoms with Crippen LogP contribution >= 0.6 is 0 Å². The van der Waals surface area contributed by atoms with E-state index in [0.717, 1.165) is 27.8 Å². The quantitative estimate of drug-likeness (QED) is 0.521. The predicted octanol–water partition coefficient (Wildman–Crippen LogP) is 4.43. The maximum atomic E-state index is 12.4. The number of benzene rings is 2. The van der Waals surface area contributed by atoms with Crippen LogP contribution in [-0.2, 0) is 36.8 Å². The molecule has 2 aromatic rings. The minimum atomic E-state index is -0.744. The van der Waals surface area contributed by atoms with Gasteiger partial charge in [-0.05, 0) is 75.6 Å². The summed E-state index contributed by atoms with van der Waals surface area (Å²) in [6, 6.07) is 12.3. The number of hydrogen-bond donors (Lipinski definition) is 1. The van der Waals surface area contributed by atoms with Crippen molar-refractivity contribution in [3.05, 3.63) is 69.8 Å². The number of hydrogen-bond acceptors (Lipinski definition) is 5. The zero-order valence-corrected chi connectivity index (χ0v) is 25.1.